The molecular formula is C21H24BrNO3. The van der Waals surface area contributed by atoms with Crippen molar-refractivity contribution in [2.24, 2.45) is 0 Å². The summed E-state index contributed by atoms with van der Waals surface area (Å²) in [5.41, 5.74) is 1.18. The number of ether oxygens (including phenoxy) is 2. The third-order valence-corrected chi connectivity index (χ3v) is 5.17. The van der Waals surface area contributed by atoms with E-state index in [1.54, 1.807) is 7.11 Å². The molecule has 3 rings (SSSR count). The normalized spacial score (nSPS) is 16.5. The number of amides is 1. The molecule has 1 unspecified atom stereocenters. The van der Waals surface area contributed by atoms with Crippen LogP contribution in [0.15, 0.2) is 53.0 Å². The number of hydrogen-bond acceptors (Lipinski definition) is 3. The van der Waals surface area contributed by atoms with Crippen molar-refractivity contribution in [3.8, 4) is 11.5 Å². The Balaban J connectivity index is 1.50. The molecule has 138 valence electrons. The van der Waals surface area contributed by atoms with Crippen LogP contribution in [0, 0.1) is 0 Å². The minimum Gasteiger partial charge on any atom is -0.497 e. The molecule has 0 radical (unpaired) electrons. The van der Waals surface area contributed by atoms with Crippen molar-refractivity contribution in [3.63, 3.8) is 0 Å². The van der Waals surface area contributed by atoms with Gasteiger partial charge >= 0.3 is 0 Å². The Bertz CT molecular complexity index is 732. The molecule has 1 saturated heterocycles. The monoisotopic (exact) mass is 417 g/mol. The molecule has 2 aromatic rings. The molecule has 0 bridgehead atoms. The van der Waals surface area contributed by atoms with Gasteiger partial charge in [0.05, 0.1) is 19.8 Å². The van der Waals surface area contributed by atoms with E-state index in [0.29, 0.717) is 13.0 Å². The van der Waals surface area contributed by atoms with Crippen LogP contribution in [0.1, 0.15) is 37.3 Å². The molecule has 2 aromatic carbocycles. The number of hydrogen-bond donors (Lipinski definition) is 0. The maximum absolute atomic E-state index is 12.7. The van der Waals surface area contributed by atoms with E-state index in [2.05, 4.69) is 28.1 Å². The molecule has 0 spiro atoms. The minimum absolute atomic E-state index is 0.180. The zero-order valence-electron chi connectivity index (χ0n) is 15.0. The standard InChI is InChI=1S/C21H24BrNO3/c1-25-18-11-9-16(10-12-18)20-7-3-13-23(20)21(24)8-4-14-26-19-6-2-5-17(22)15-19/h2,5-6,9-12,15,20H,3-4,7-8,13-14H2,1H3. The number of carbonyl (C=O) groups is 1. The van der Waals surface area contributed by atoms with Crippen molar-refractivity contribution in [2.75, 3.05) is 20.3 Å². The Morgan fingerprint density at radius 3 is 2.73 bits per heavy atom. The number of methoxy groups -OCH3 is 1. The van der Waals surface area contributed by atoms with E-state index in [1.807, 2.05) is 41.3 Å². The molecule has 1 aliphatic heterocycles. The van der Waals surface area contributed by atoms with Crippen molar-refractivity contribution in [1.82, 2.24) is 4.90 Å². The Kier molecular flexibility index (Phi) is 6.56. The zero-order chi connectivity index (χ0) is 18.4. The highest BCUT2D eigenvalue weighted by atomic mass is 79.9. The number of nitrogens with zero attached hydrogens (tertiary/aromatic N) is 1. The Morgan fingerprint density at radius 1 is 1.19 bits per heavy atom. The summed E-state index contributed by atoms with van der Waals surface area (Å²) in [6.45, 7) is 1.38. The lowest BCUT2D eigenvalue weighted by atomic mass is 10.0. The van der Waals surface area contributed by atoms with E-state index in [1.165, 1.54) is 5.56 Å². The van der Waals surface area contributed by atoms with Gasteiger partial charge in [0.1, 0.15) is 11.5 Å². The fourth-order valence-corrected chi connectivity index (χ4v) is 3.73. The summed E-state index contributed by atoms with van der Waals surface area (Å²) >= 11 is 3.43. The Morgan fingerprint density at radius 2 is 2.00 bits per heavy atom. The van der Waals surface area contributed by atoms with Crippen molar-refractivity contribution < 1.29 is 14.3 Å². The van der Waals surface area contributed by atoms with Crippen LogP contribution < -0.4 is 9.47 Å². The fourth-order valence-electron chi connectivity index (χ4n) is 3.35. The summed E-state index contributed by atoms with van der Waals surface area (Å²) in [6, 6.07) is 16.0. The van der Waals surface area contributed by atoms with Gasteiger partial charge in [0, 0.05) is 17.4 Å². The summed E-state index contributed by atoms with van der Waals surface area (Å²) in [5.74, 6) is 1.87. The molecule has 0 N–H and O–H groups in total. The molecule has 0 aliphatic carbocycles. The number of benzene rings is 2. The van der Waals surface area contributed by atoms with Crippen molar-refractivity contribution in [2.45, 2.75) is 31.7 Å². The van der Waals surface area contributed by atoms with E-state index in [-0.39, 0.29) is 11.9 Å². The third kappa shape index (κ3) is 4.79. The van der Waals surface area contributed by atoms with Gasteiger partial charge in [-0.15, -0.1) is 0 Å². The second-order valence-corrected chi connectivity index (χ2v) is 7.34. The number of halogens is 1. The van der Waals surface area contributed by atoms with Crippen LogP contribution in [-0.4, -0.2) is 31.1 Å². The van der Waals surface area contributed by atoms with Gasteiger partial charge in [-0.05, 0) is 55.2 Å². The topological polar surface area (TPSA) is 38.8 Å². The molecule has 1 aliphatic rings. The highest BCUT2D eigenvalue weighted by Crippen LogP contribution is 2.33. The molecule has 1 atom stereocenters. The van der Waals surface area contributed by atoms with E-state index in [0.717, 1.165) is 41.8 Å². The number of rotatable bonds is 7. The lowest BCUT2D eigenvalue weighted by molar-refractivity contribution is -0.132. The molecule has 1 heterocycles. The molecule has 1 fully saturated rings. The van der Waals surface area contributed by atoms with Crippen molar-refractivity contribution >= 4 is 21.8 Å². The molecule has 1 amide bonds. The summed E-state index contributed by atoms with van der Waals surface area (Å²) in [7, 11) is 1.66. The second-order valence-electron chi connectivity index (χ2n) is 6.43. The van der Waals surface area contributed by atoms with Gasteiger partial charge in [0.15, 0.2) is 0 Å². The number of likely N-dealkylation sites (tertiary alicyclic amines) is 1. The molecule has 5 heteroatoms. The van der Waals surface area contributed by atoms with Crippen LogP contribution in [0.25, 0.3) is 0 Å². The Labute approximate surface area is 163 Å². The van der Waals surface area contributed by atoms with Crippen LogP contribution >= 0.6 is 15.9 Å². The first-order valence-electron chi connectivity index (χ1n) is 8.99. The third-order valence-electron chi connectivity index (χ3n) is 4.67. The van der Waals surface area contributed by atoms with Crippen LogP contribution in [0.4, 0.5) is 0 Å². The van der Waals surface area contributed by atoms with Crippen LogP contribution in [-0.2, 0) is 4.79 Å². The second kappa shape index (κ2) is 9.08. The van der Waals surface area contributed by atoms with Crippen molar-refractivity contribution in [3.05, 3.63) is 58.6 Å². The van der Waals surface area contributed by atoms with E-state index in [9.17, 15) is 4.79 Å². The highest BCUT2D eigenvalue weighted by molar-refractivity contribution is 9.10. The smallest absolute Gasteiger partial charge is 0.223 e. The predicted octanol–water partition coefficient (Wildman–Crippen LogP) is 4.98. The molecule has 26 heavy (non-hydrogen) atoms. The van der Waals surface area contributed by atoms with Gasteiger partial charge < -0.3 is 14.4 Å². The molecule has 0 saturated carbocycles. The Hall–Kier alpha value is -2.01. The van der Waals surface area contributed by atoms with E-state index < -0.39 is 0 Å². The van der Waals surface area contributed by atoms with Crippen LogP contribution in [0.5, 0.6) is 11.5 Å². The van der Waals surface area contributed by atoms with Crippen molar-refractivity contribution in [1.29, 1.82) is 0 Å². The van der Waals surface area contributed by atoms with Gasteiger partial charge in [-0.3, -0.25) is 4.79 Å². The van der Waals surface area contributed by atoms with Gasteiger partial charge in [0.2, 0.25) is 5.91 Å². The van der Waals surface area contributed by atoms with E-state index in [4.69, 9.17) is 9.47 Å². The largest absolute Gasteiger partial charge is 0.497 e. The highest BCUT2D eigenvalue weighted by Gasteiger charge is 2.29. The SMILES string of the molecule is COc1ccc(C2CCCN2C(=O)CCCOc2cccc(Br)c2)cc1. The molecule has 4 nitrogen and oxygen atoms in total. The summed E-state index contributed by atoms with van der Waals surface area (Å²) < 4.78 is 11.9. The maximum atomic E-state index is 12.7. The first-order valence-corrected chi connectivity index (χ1v) is 9.78. The van der Waals surface area contributed by atoms with Gasteiger partial charge in [-0.25, -0.2) is 0 Å². The first-order chi connectivity index (χ1) is 12.7. The van der Waals surface area contributed by atoms with Gasteiger partial charge in [-0.1, -0.05) is 34.1 Å². The van der Waals surface area contributed by atoms with Crippen LogP contribution in [0.3, 0.4) is 0 Å². The summed E-state index contributed by atoms with van der Waals surface area (Å²) in [5, 5.41) is 0. The average molecular weight is 418 g/mol. The molecule has 0 aromatic heterocycles. The quantitative estimate of drug-likeness (QED) is 0.596. The van der Waals surface area contributed by atoms with Gasteiger partial charge in [-0.2, -0.15) is 0 Å². The first kappa shape index (κ1) is 18.8. The minimum atomic E-state index is 0.180. The lowest BCUT2D eigenvalue weighted by Gasteiger charge is -2.25. The van der Waals surface area contributed by atoms with Crippen LogP contribution in [0.2, 0.25) is 0 Å². The zero-order valence-corrected chi connectivity index (χ0v) is 16.6. The average Bonchev–Trinajstić information content (AvgIpc) is 3.15. The predicted molar refractivity (Wildman–Crippen MR) is 106 cm³/mol. The fraction of sp³-hybridized carbons (Fsp3) is 0.381. The maximum Gasteiger partial charge on any atom is 0.223 e. The van der Waals surface area contributed by atoms with Gasteiger partial charge in [0.25, 0.3) is 0 Å². The molecular weight excluding hydrogens is 394 g/mol. The summed E-state index contributed by atoms with van der Waals surface area (Å²) in [6.07, 6.45) is 3.31. The lowest BCUT2D eigenvalue weighted by Crippen LogP contribution is -2.30. The van der Waals surface area contributed by atoms with E-state index >= 15 is 0 Å². The number of carbonyl (C=O) groups excluding carboxylic acids is 1. The summed E-state index contributed by atoms with van der Waals surface area (Å²) in [4.78, 5) is 14.7.